The number of halogens is 1. The van der Waals surface area contributed by atoms with Crippen molar-refractivity contribution in [1.82, 2.24) is 20.3 Å². The van der Waals surface area contributed by atoms with E-state index in [1.165, 1.54) is 0 Å². The quantitative estimate of drug-likeness (QED) is 0.543. The fraction of sp³-hybridized carbons (Fsp3) is 0.111. The first-order chi connectivity index (χ1) is 12.2. The van der Waals surface area contributed by atoms with E-state index in [1.54, 1.807) is 12.1 Å². The number of nitrogens with zero attached hydrogens (tertiary/aromatic N) is 4. The maximum absolute atomic E-state index is 5.98. The van der Waals surface area contributed by atoms with Crippen LogP contribution in [0.3, 0.4) is 0 Å². The van der Waals surface area contributed by atoms with Crippen LogP contribution in [0.15, 0.2) is 57.5 Å². The summed E-state index contributed by atoms with van der Waals surface area (Å²) >= 11 is 5.98. The van der Waals surface area contributed by atoms with Crippen LogP contribution in [0.4, 0.5) is 0 Å². The molecule has 0 fully saturated rings. The molecule has 4 rings (SSSR count). The average molecular weight is 353 g/mol. The molecule has 2 heterocycles. The van der Waals surface area contributed by atoms with Gasteiger partial charge in [0.05, 0.1) is 0 Å². The number of hydrogen-bond donors (Lipinski definition) is 0. The fourth-order valence-corrected chi connectivity index (χ4v) is 2.64. The van der Waals surface area contributed by atoms with Crippen molar-refractivity contribution in [3.05, 3.63) is 70.9 Å². The van der Waals surface area contributed by atoms with Crippen molar-refractivity contribution < 1.29 is 8.94 Å². The average Bonchev–Trinajstić information content (AvgIpc) is 3.25. The van der Waals surface area contributed by atoms with E-state index >= 15 is 0 Å². The zero-order chi connectivity index (χ0) is 17.2. The van der Waals surface area contributed by atoms with Crippen LogP contribution in [-0.2, 0) is 6.42 Å². The SMILES string of the molecule is Cc1ccccc1-c1noc(Cc2nnc(-c3cccc(Cl)c3)o2)n1. The fourth-order valence-electron chi connectivity index (χ4n) is 2.45. The van der Waals surface area contributed by atoms with Gasteiger partial charge in [-0.05, 0) is 30.7 Å². The number of hydrogen-bond acceptors (Lipinski definition) is 6. The van der Waals surface area contributed by atoms with Crippen LogP contribution < -0.4 is 0 Å². The first-order valence-corrected chi connectivity index (χ1v) is 8.04. The zero-order valence-corrected chi connectivity index (χ0v) is 14.1. The molecule has 0 N–H and O–H groups in total. The molecule has 0 atom stereocenters. The second kappa shape index (κ2) is 6.49. The summed E-state index contributed by atoms with van der Waals surface area (Å²) in [6.07, 6.45) is 0.270. The molecule has 0 saturated heterocycles. The Hall–Kier alpha value is -2.99. The van der Waals surface area contributed by atoms with E-state index in [1.807, 2.05) is 43.3 Å². The van der Waals surface area contributed by atoms with Crippen molar-refractivity contribution >= 4 is 11.6 Å². The van der Waals surface area contributed by atoms with E-state index in [0.29, 0.717) is 28.5 Å². The maximum atomic E-state index is 5.98. The number of benzene rings is 2. The molecule has 25 heavy (non-hydrogen) atoms. The first-order valence-electron chi connectivity index (χ1n) is 7.66. The standard InChI is InChI=1S/C18H13ClN4O2/c1-11-5-2-3-8-14(11)17-20-15(25-23-17)10-16-21-22-18(24-16)12-6-4-7-13(19)9-12/h2-9H,10H2,1H3. The molecule has 0 amide bonds. The van der Waals surface area contributed by atoms with Crippen molar-refractivity contribution in [1.29, 1.82) is 0 Å². The van der Waals surface area contributed by atoms with Crippen LogP contribution in [0.2, 0.25) is 5.02 Å². The van der Waals surface area contributed by atoms with E-state index < -0.39 is 0 Å². The van der Waals surface area contributed by atoms with Crippen LogP contribution in [0.5, 0.6) is 0 Å². The van der Waals surface area contributed by atoms with Crippen LogP contribution in [0.25, 0.3) is 22.8 Å². The third-order valence-electron chi connectivity index (χ3n) is 3.69. The van der Waals surface area contributed by atoms with Crippen molar-refractivity contribution in [3.63, 3.8) is 0 Å². The summed E-state index contributed by atoms with van der Waals surface area (Å²) in [5.74, 6) is 1.76. The minimum atomic E-state index is 0.270. The normalized spacial score (nSPS) is 11.0. The Morgan fingerprint density at radius 2 is 1.88 bits per heavy atom. The van der Waals surface area contributed by atoms with Crippen molar-refractivity contribution in [2.24, 2.45) is 0 Å². The largest absolute Gasteiger partial charge is 0.420 e. The summed E-state index contributed by atoms with van der Waals surface area (Å²) in [5, 5.41) is 12.7. The van der Waals surface area contributed by atoms with Gasteiger partial charge in [0, 0.05) is 16.1 Å². The molecule has 124 valence electrons. The Labute approximate surface area is 148 Å². The van der Waals surface area contributed by atoms with E-state index in [9.17, 15) is 0 Å². The minimum Gasteiger partial charge on any atom is -0.420 e. The van der Waals surface area contributed by atoms with Crippen molar-refractivity contribution in [2.75, 3.05) is 0 Å². The molecule has 0 spiro atoms. The van der Waals surface area contributed by atoms with Gasteiger partial charge in [0.25, 0.3) is 0 Å². The van der Waals surface area contributed by atoms with Gasteiger partial charge in [-0.1, -0.05) is 47.1 Å². The highest BCUT2D eigenvalue weighted by molar-refractivity contribution is 6.30. The van der Waals surface area contributed by atoms with E-state index in [4.69, 9.17) is 20.5 Å². The first kappa shape index (κ1) is 15.5. The molecule has 0 saturated carbocycles. The smallest absolute Gasteiger partial charge is 0.247 e. The van der Waals surface area contributed by atoms with Gasteiger partial charge in [0.1, 0.15) is 6.42 Å². The lowest BCUT2D eigenvalue weighted by molar-refractivity contribution is 0.374. The molecule has 0 bridgehead atoms. The van der Waals surface area contributed by atoms with E-state index in [2.05, 4.69) is 20.3 Å². The zero-order valence-electron chi connectivity index (χ0n) is 13.3. The Bertz CT molecular complexity index is 1030. The lowest BCUT2D eigenvalue weighted by Crippen LogP contribution is -1.89. The van der Waals surface area contributed by atoms with Gasteiger partial charge in [0.2, 0.25) is 23.5 Å². The Morgan fingerprint density at radius 1 is 1.00 bits per heavy atom. The van der Waals surface area contributed by atoms with Crippen molar-refractivity contribution in [2.45, 2.75) is 13.3 Å². The third kappa shape index (κ3) is 3.29. The summed E-state index contributed by atoms with van der Waals surface area (Å²) in [5.41, 5.74) is 2.77. The van der Waals surface area contributed by atoms with Crippen molar-refractivity contribution in [3.8, 4) is 22.8 Å². The molecule has 2 aromatic carbocycles. The summed E-state index contributed by atoms with van der Waals surface area (Å²) in [4.78, 5) is 4.41. The van der Waals surface area contributed by atoms with Gasteiger partial charge in [-0.3, -0.25) is 0 Å². The van der Waals surface area contributed by atoms with Gasteiger partial charge < -0.3 is 8.94 Å². The molecule has 0 aliphatic heterocycles. The minimum absolute atomic E-state index is 0.270. The molecule has 0 unspecified atom stereocenters. The van der Waals surface area contributed by atoms with Gasteiger partial charge >= 0.3 is 0 Å². The predicted molar refractivity (Wildman–Crippen MR) is 92.0 cm³/mol. The summed E-state index contributed by atoms with van der Waals surface area (Å²) < 4.78 is 11.0. The lowest BCUT2D eigenvalue weighted by atomic mass is 10.1. The predicted octanol–water partition coefficient (Wildman–Crippen LogP) is 4.34. The Morgan fingerprint density at radius 3 is 2.72 bits per heavy atom. The summed E-state index contributed by atoms with van der Waals surface area (Å²) in [6, 6.07) is 15.1. The second-order valence-corrected chi connectivity index (χ2v) is 5.95. The number of aromatic nitrogens is 4. The van der Waals surface area contributed by atoms with Gasteiger partial charge in [0.15, 0.2) is 0 Å². The van der Waals surface area contributed by atoms with Crippen LogP contribution >= 0.6 is 11.6 Å². The van der Waals surface area contributed by atoms with Gasteiger partial charge in [-0.25, -0.2) is 0 Å². The highest BCUT2D eigenvalue weighted by atomic mass is 35.5. The molecule has 0 aliphatic rings. The molecule has 0 aliphatic carbocycles. The molecule has 7 heteroatoms. The Kier molecular flexibility index (Phi) is 4.03. The topological polar surface area (TPSA) is 77.8 Å². The third-order valence-corrected chi connectivity index (χ3v) is 3.93. The molecule has 4 aromatic rings. The van der Waals surface area contributed by atoms with Crippen LogP contribution in [0, 0.1) is 6.92 Å². The van der Waals surface area contributed by atoms with Crippen LogP contribution in [0.1, 0.15) is 17.3 Å². The van der Waals surface area contributed by atoms with Crippen LogP contribution in [-0.4, -0.2) is 20.3 Å². The molecule has 6 nitrogen and oxygen atoms in total. The highest BCUT2D eigenvalue weighted by Gasteiger charge is 2.15. The lowest BCUT2D eigenvalue weighted by Gasteiger charge is -1.97. The van der Waals surface area contributed by atoms with Gasteiger partial charge in [-0.15, -0.1) is 10.2 Å². The summed E-state index contributed by atoms with van der Waals surface area (Å²) in [6.45, 7) is 2.00. The van der Waals surface area contributed by atoms with E-state index in [0.717, 1.165) is 16.7 Å². The highest BCUT2D eigenvalue weighted by Crippen LogP contribution is 2.23. The Balaban J connectivity index is 1.55. The number of rotatable bonds is 4. The molecular formula is C18H13ClN4O2. The van der Waals surface area contributed by atoms with Gasteiger partial charge in [-0.2, -0.15) is 4.98 Å². The summed E-state index contributed by atoms with van der Waals surface area (Å²) in [7, 11) is 0. The number of aryl methyl sites for hydroxylation is 1. The maximum Gasteiger partial charge on any atom is 0.247 e. The molecular weight excluding hydrogens is 340 g/mol. The monoisotopic (exact) mass is 352 g/mol. The molecule has 2 aromatic heterocycles. The molecule has 0 radical (unpaired) electrons. The van der Waals surface area contributed by atoms with E-state index in [-0.39, 0.29) is 6.42 Å². The second-order valence-electron chi connectivity index (χ2n) is 5.51.